The molecular weight excluding hydrogens is 851 g/mol. The minimum Gasteiger partial charge on any atom is -0.480 e. The van der Waals surface area contributed by atoms with Gasteiger partial charge in [-0.15, -0.1) is 0 Å². The van der Waals surface area contributed by atoms with Crippen molar-refractivity contribution in [3.8, 4) is 11.5 Å². The predicted octanol–water partition coefficient (Wildman–Crippen LogP) is 1.39. The van der Waals surface area contributed by atoms with Gasteiger partial charge in [0.2, 0.25) is 5.89 Å². The van der Waals surface area contributed by atoms with Gasteiger partial charge in [-0.3, -0.25) is 60.1 Å². The van der Waals surface area contributed by atoms with E-state index in [1.807, 2.05) is 30.3 Å². The molecule has 19 heteroatoms. The molecule has 0 bridgehead atoms. The minimum atomic E-state index is -1.16. The van der Waals surface area contributed by atoms with E-state index in [4.69, 9.17) is 9.40 Å². The lowest BCUT2D eigenvalue weighted by Gasteiger charge is -2.17. The third-order valence-electron chi connectivity index (χ3n) is 11.0. The van der Waals surface area contributed by atoms with Gasteiger partial charge in [0, 0.05) is 48.0 Å². The fraction of sp³-hybridized carbons (Fsp3) is 0.383. The van der Waals surface area contributed by atoms with Crippen LogP contribution in [0.2, 0.25) is 0 Å². The highest BCUT2D eigenvalue weighted by atomic mass is 16.4. The van der Waals surface area contributed by atoms with E-state index in [0.717, 1.165) is 5.56 Å². The zero-order valence-corrected chi connectivity index (χ0v) is 37.3. The number of nitrogens with zero attached hydrogens (tertiary/aromatic N) is 1. The number of aromatic nitrogens is 2. The van der Waals surface area contributed by atoms with Crippen molar-refractivity contribution in [2.45, 2.75) is 76.7 Å². The Balaban J connectivity index is 1.06. The molecule has 19 nitrogen and oxygen atoms in total. The number of Topliss-reactive ketones (excluding diaryl/α,β-unsaturated/α-hetero) is 5. The van der Waals surface area contributed by atoms with Crippen molar-refractivity contribution < 1.29 is 47.9 Å². The molecule has 1 unspecified atom stereocenters. The Morgan fingerprint density at radius 3 is 1.97 bits per heavy atom. The molecule has 350 valence electrons. The highest BCUT2D eigenvalue weighted by Crippen LogP contribution is 2.32. The summed E-state index contributed by atoms with van der Waals surface area (Å²) in [6.45, 7) is 4.64. The van der Waals surface area contributed by atoms with Crippen LogP contribution in [-0.2, 0) is 46.4 Å². The number of benzene rings is 3. The number of H-pyrrole nitrogens is 1. The number of aliphatic carboxylic acids is 1. The van der Waals surface area contributed by atoms with Crippen LogP contribution < -0.4 is 37.2 Å². The Hall–Kier alpha value is -6.61. The van der Waals surface area contributed by atoms with E-state index in [2.05, 4.69) is 42.2 Å². The number of carbonyl (C=O) groups excluding carboxylic acids is 7. The van der Waals surface area contributed by atoms with Crippen molar-refractivity contribution in [2.24, 2.45) is 0 Å². The SMILES string of the molecule is CN[C@@H](C)C(=O)CC(=O)CNCN[C@@H](C)C(=O)CC(=O)CNCN[C@@H](C)C(=O)CNC(Cc1c[nH]c2ccc3oc(-c4ccc(C(=O)N[C@H](C=O)Cc5ccccc5)cc4)nc3c12)C(=O)O. The first-order valence-electron chi connectivity index (χ1n) is 21.6. The lowest BCUT2D eigenvalue weighted by Crippen LogP contribution is -2.48. The maximum atomic E-state index is 13.0. The molecule has 0 fully saturated rings. The van der Waals surface area contributed by atoms with Gasteiger partial charge in [0.1, 0.15) is 17.8 Å². The van der Waals surface area contributed by atoms with Crippen LogP contribution in [0.3, 0.4) is 0 Å². The maximum Gasteiger partial charge on any atom is 0.321 e. The summed E-state index contributed by atoms with van der Waals surface area (Å²) < 4.78 is 6.09. The highest BCUT2D eigenvalue weighted by Gasteiger charge is 2.24. The maximum absolute atomic E-state index is 13.0. The molecule has 9 N–H and O–H groups in total. The number of rotatable bonds is 30. The van der Waals surface area contributed by atoms with Gasteiger partial charge in [-0.1, -0.05) is 30.3 Å². The summed E-state index contributed by atoms with van der Waals surface area (Å²) in [6, 6.07) is 15.9. The monoisotopic (exact) mass is 907 g/mol. The number of carboxylic acid groups (broad SMARTS) is 1. The summed E-state index contributed by atoms with van der Waals surface area (Å²) in [6.07, 6.45) is 2.24. The molecule has 0 radical (unpaired) electrons. The van der Waals surface area contributed by atoms with E-state index >= 15 is 0 Å². The van der Waals surface area contributed by atoms with Gasteiger partial charge in [-0.2, -0.15) is 0 Å². The number of carbonyl (C=O) groups is 8. The average molecular weight is 908 g/mol. The Labute approximate surface area is 381 Å². The molecule has 0 saturated carbocycles. The molecule has 5 rings (SSSR count). The Morgan fingerprint density at radius 1 is 0.742 bits per heavy atom. The van der Waals surface area contributed by atoms with Crippen molar-refractivity contribution in [3.05, 3.63) is 89.6 Å². The smallest absolute Gasteiger partial charge is 0.321 e. The van der Waals surface area contributed by atoms with Gasteiger partial charge in [0.15, 0.2) is 34.5 Å². The van der Waals surface area contributed by atoms with E-state index in [0.29, 0.717) is 51.4 Å². The van der Waals surface area contributed by atoms with Crippen LogP contribution in [0.25, 0.3) is 33.5 Å². The molecule has 2 aromatic heterocycles. The Bertz CT molecular complexity index is 2500. The molecule has 66 heavy (non-hydrogen) atoms. The summed E-state index contributed by atoms with van der Waals surface area (Å²) in [5.41, 5.74) is 4.15. The van der Waals surface area contributed by atoms with Crippen LogP contribution in [0, 0.1) is 0 Å². The number of likely N-dealkylation sites (N-methyl/N-ethyl adjacent to an activating group) is 1. The fourth-order valence-corrected chi connectivity index (χ4v) is 6.88. The Morgan fingerprint density at radius 2 is 1.36 bits per heavy atom. The van der Waals surface area contributed by atoms with Crippen molar-refractivity contribution >= 4 is 69.1 Å². The summed E-state index contributed by atoms with van der Waals surface area (Å²) in [4.78, 5) is 107. The molecule has 0 spiro atoms. The third kappa shape index (κ3) is 14.4. The second-order valence-electron chi connectivity index (χ2n) is 16.0. The normalized spacial score (nSPS) is 13.7. The summed E-state index contributed by atoms with van der Waals surface area (Å²) in [5.74, 6) is -2.80. The molecule has 0 aliphatic rings. The van der Waals surface area contributed by atoms with Crippen molar-refractivity contribution in [1.82, 2.24) is 47.2 Å². The van der Waals surface area contributed by atoms with Gasteiger partial charge in [0.25, 0.3) is 5.91 Å². The van der Waals surface area contributed by atoms with Crippen LogP contribution in [-0.4, -0.2) is 132 Å². The predicted molar refractivity (Wildman–Crippen MR) is 246 cm³/mol. The van der Waals surface area contributed by atoms with E-state index < -0.39 is 42.1 Å². The molecular formula is C47H57N9O10. The number of aromatic amines is 1. The van der Waals surface area contributed by atoms with E-state index in [1.54, 1.807) is 70.4 Å². The van der Waals surface area contributed by atoms with Gasteiger partial charge in [-0.05, 0) is 81.8 Å². The number of amides is 1. The molecule has 0 saturated heterocycles. The van der Waals surface area contributed by atoms with Gasteiger partial charge in [-0.25, -0.2) is 4.98 Å². The largest absolute Gasteiger partial charge is 0.480 e. The second-order valence-corrected chi connectivity index (χ2v) is 16.0. The minimum absolute atomic E-state index is 0.00703. The zero-order chi connectivity index (χ0) is 47.8. The van der Waals surface area contributed by atoms with Crippen LogP contribution in [0.1, 0.15) is 55.1 Å². The van der Waals surface area contributed by atoms with Crippen LogP contribution in [0.15, 0.2) is 77.3 Å². The van der Waals surface area contributed by atoms with Gasteiger partial charge in [0.05, 0.1) is 56.6 Å². The van der Waals surface area contributed by atoms with Crippen LogP contribution >= 0.6 is 0 Å². The Kier molecular flexibility index (Phi) is 18.8. The van der Waals surface area contributed by atoms with Crippen molar-refractivity contribution in [1.29, 1.82) is 0 Å². The molecule has 0 aliphatic carbocycles. The molecule has 1 amide bonds. The molecule has 3 aromatic carbocycles. The second kappa shape index (κ2) is 24.6. The summed E-state index contributed by atoms with van der Waals surface area (Å²) in [5, 5.41) is 30.7. The van der Waals surface area contributed by atoms with Crippen molar-refractivity contribution in [2.75, 3.05) is 40.0 Å². The first kappa shape index (κ1) is 50.4. The van der Waals surface area contributed by atoms with Crippen LogP contribution in [0.4, 0.5) is 0 Å². The van der Waals surface area contributed by atoms with Crippen molar-refractivity contribution in [3.63, 3.8) is 0 Å². The topological polar surface area (TPSA) is 283 Å². The lowest BCUT2D eigenvalue weighted by molar-refractivity contribution is -0.139. The van der Waals surface area contributed by atoms with E-state index in [-0.39, 0.29) is 87.0 Å². The van der Waals surface area contributed by atoms with E-state index in [1.165, 1.54) is 0 Å². The molecule has 2 heterocycles. The molecule has 5 aromatic rings. The number of fused-ring (bicyclic) bond motifs is 3. The number of hydrogen-bond donors (Lipinski definition) is 9. The number of carboxylic acids is 1. The lowest BCUT2D eigenvalue weighted by atomic mass is 10.0. The van der Waals surface area contributed by atoms with Gasteiger partial charge >= 0.3 is 5.97 Å². The molecule has 5 atom stereocenters. The first-order chi connectivity index (χ1) is 31.7. The van der Waals surface area contributed by atoms with E-state index in [9.17, 15) is 43.5 Å². The van der Waals surface area contributed by atoms with Gasteiger partial charge < -0.3 is 29.9 Å². The highest BCUT2D eigenvalue weighted by molar-refractivity contribution is 6.06. The molecule has 0 aliphatic heterocycles. The number of aldehydes is 1. The van der Waals surface area contributed by atoms with Crippen LogP contribution in [0.5, 0.6) is 0 Å². The first-order valence-corrected chi connectivity index (χ1v) is 21.6. The fourth-order valence-electron chi connectivity index (χ4n) is 6.88. The average Bonchev–Trinajstić information content (AvgIpc) is 3.94. The number of hydrogen-bond acceptors (Lipinski definition) is 16. The summed E-state index contributed by atoms with van der Waals surface area (Å²) >= 11 is 0. The third-order valence-corrected chi connectivity index (χ3v) is 11.0. The zero-order valence-electron chi connectivity index (χ0n) is 37.3. The quantitative estimate of drug-likeness (QED) is 0.0136. The summed E-state index contributed by atoms with van der Waals surface area (Å²) in [7, 11) is 1.63. The standard InChI is InChI=1S/C47H57N9O10/c1-27(48-4)39(60)18-35(58)21-49-25-53-28(2)40(61)19-36(59)22-50-26-54-29(3)41(62)23-52-38(47(64)65)17-33-20-51-37-14-15-42-44(43(33)37)56-46(66-42)32-12-10-31(11-13-32)45(63)55-34(24-57)16-30-8-6-5-7-9-30/h5-15,20,24,27-29,34,38,48-54H,16-19,21-23,25-26H2,1-4H3,(H,55,63)(H,64,65)/t27-,28-,29-,34-,38?/m0/s1. The number of nitrogens with one attached hydrogen (secondary N) is 8. The number of oxazole rings is 1. The number of ketones is 5.